The second-order valence-electron chi connectivity index (χ2n) is 6.88. The molecule has 0 aliphatic carbocycles. The summed E-state index contributed by atoms with van der Waals surface area (Å²) in [7, 11) is 0. The third kappa shape index (κ3) is 4.08. The van der Waals surface area contributed by atoms with Crippen molar-refractivity contribution in [2.45, 2.75) is 26.9 Å². The molecule has 1 amide bonds. The lowest BCUT2D eigenvalue weighted by Crippen LogP contribution is -2.30. The summed E-state index contributed by atoms with van der Waals surface area (Å²) in [5.41, 5.74) is 4.22. The maximum Gasteiger partial charge on any atom is 0.265 e. The SMILES string of the molecule is Cc1cccc(OC(C)C(=O)Nc2ccc(-c3ccc4nnc(C)n4n3)cc2)c1. The molecule has 4 aromatic rings. The van der Waals surface area contributed by atoms with Crippen molar-refractivity contribution in [1.82, 2.24) is 19.8 Å². The number of nitrogens with one attached hydrogen (secondary N) is 1. The summed E-state index contributed by atoms with van der Waals surface area (Å²) in [5, 5.41) is 15.5. The molecule has 1 unspecified atom stereocenters. The Morgan fingerprint density at radius 2 is 1.83 bits per heavy atom. The third-order valence-corrected chi connectivity index (χ3v) is 4.54. The summed E-state index contributed by atoms with van der Waals surface area (Å²) in [6.07, 6.45) is -0.614. The van der Waals surface area contributed by atoms with Gasteiger partial charge in [0.05, 0.1) is 5.69 Å². The lowest BCUT2D eigenvalue weighted by Gasteiger charge is -2.15. The molecule has 2 aromatic heterocycles. The molecule has 0 aliphatic heterocycles. The van der Waals surface area contributed by atoms with Crippen LogP contribution in [0.1, 0.15) is 18.3 Å². The van der Waals surface area contributed by atoms with E-state index in [1.807, 2.05) is 74.5 Å². The van der Waals surface area contributed by atoms with E-state index < -0.39 is 6.10 Å². The van der Waals surface area contributed by atoms with Crippen molar-refractivity contribution in [2.75, 3.05) is 5.32 Å². The van der Waals surface area contributed by atoms with Gasteiger partial charge in [0.1, 0.15) is 5.75 Å². The molecule has 29 heavy (non-hydrogen) atoms. The number of fused-ring (bicyclic) bond motifs is 1. The minimum atomic E-state index is -0.614. The highest BCUT2D eigenvalue weighted by molar-refractivity contribution is 5.94. The second-order valence-corrected chi connectivity index (χ2v) is 6.88. The molecule has 7 nitrogen and oxygen atoms in total. The van der Waals surface area contributed by atoms with E-state index in [1.54, 1.807) is 11.4 Å². The number of anilines is 1. The molecule has 0 radical (unpaired) electrons. The standard InChI is InChI=1S/C22H21N5O2/c1-14-5-4-6-19(13-14)29-15(2)22(28)23-18-9-7-17(8-10-18)20-11-12-21-25-24-16(3)27(21)26-20/h4-13,15H,1-3H3,(H,23,28). The van der Waals surface area contributed by atoms with Crippen molar-refractivity contribution in [3.63, 3.8) is 0 Å². The highest BCUT2D eigenvalue weighted by Crippen LogP contribution is 2.21. The van der Waals surface area contributed by atoms with Gasteiger partial charge in [0.15, 0.2) is 17.6 Å². The zero-order valence-corrected chi connectivity index (χ0v) is 16.5. The average molecular weight is 387 g/mol. The maximum absolute atomic E-state index is 12.4. The fourth-order valence-corrected chi connectivity index (χ4v) is 2.96. The molecule has 0 spiro atoms. The first-order chi connectivity index (χ1) is 14.0. The first-order valence-electron chi connectivity index (χ1n) is 9.33. The topological polar surface area (TPSA) is 81.4 Å². The Morgan fingerprint density at radius 3 is 2.59 bits per heavy atom. The van der Waals surface area contributed by atoms with Gasteiger partial charge in [-0.05, 0) is 62.7 Å². The summed E-state index contributed by atoms with van der Waals surface area (Å²) >= 11 is 0. The fourth-order valence-electron chi connectivity index (χ4n) is 2.96. The van der Waals surface area contributed by atoms with Crippen LogP contribution < -0.4 is 10.1 Å². The number of carbonyl (C=O) groups is 1. The smallest absolute Gasteiger partial charge is 0.265 e. The summed E-state index contributed by atoms with van der Waals surface area (Å²) in [6.45, 7) is 5.57. The highest BCUT2D eigenvalue weighted by atomic mass is 16.5. The molecule has 0 saturated carbocycles. The number of nitrogens with zero attached hydrogens (tertiary/aromatic N) is 4. The summed E-state index contributed by atoms with van der Waals surface area (Å²) < 4.78 is 7.43. The quantitative estimate of drug-likeness (QED) is 0.563. The fraction of sp³-hybridized carbons (Fsp3) is 0.182. The van der Waals surface area contributed by atoms with Crippen LogP contribution in [0.3, 0.4) is 0 Å². The Hall–Kier alpha value is -3.74. The van der Waals surface area contributed by atoms with E-state index in [-0.39, 0.29) is 5.91 Å². The van der Waals surface area contributed by atoms with Gasteiger partial charge in [-0.15, -0.1) is 10.2 Å². The van der Waals surface area contributed by atoms with Crippen molar-refractivity contribution in [1.29, 1.82) is 0 Å². The number of ether oxygens (including phenoxy) is 1. The predicted molar refractivity (Wildman–Crippen MR) is 111 cm³/mol. The molecule has 0 saturated heterocycles. The van der Waals surface area contributed by atoms with Gasteiger partial charge in [-0.3, -0.25) is 4.79 Å². The van der Waals surface area contributed by atoms with Gasteiger partial charge in [0, 0.05) is 11.3 Å². The molecule has 0 aliphatic rings. The van der Waals surface area contributed by atoms with Crippen molar-refractivity contribution in [2.24, 2.45) is 0 Å². The summed E-state index contributed by atoms with van der Waals surface area (Å²) in [4.78, 5) is 12.4. The maximum atomic E-state index is 12.4. The Morgan fingerprint density at radius 1 is 1.03 bits per heavy atom. The van der Waals surface area contributed by atoms with E-state index in [4.69, 9.17) is 4.74 Å². The summed E-state index contributed by atoms with van der Waals surface area (Å²) in [6, 6.07) is 18.9. The number of aryl methyl sites for hydroxylation is 2. The van der Waals surface area contributed by atoms with Crippen molar-refractivity contribution in [3.8, 4) is 17.0 Å². The molecule has 1 atom stereocenters. The zero-order chi connectivity index (χ0) is 20.4. The van der Waals surface area contributed by atoms with Gasteiger partial charge >= 0.3 is 0 Å². The largest absolute Gasteiger partial charge is 0.481 e. The first-order valence-corrected chi connectivity index (χ1v) is 9.33. The number of benzene rings is 2. The molecule has 2 aromatic carbocycles. The van der Waals surface area contributed by atoms with Crippen LogP contribution in [-0.2, 0) is 4.79 Å². The lowest BCUT2D eigenvalue weighted by atomic mass is 10.1. The second kappa shape index (κ2) is 7.71. The number of carbonyl (C=O) groups excluding carboxylic acids is 1. The third-order valence-electron chi connectivity index (χ3n) is 4.54. The van der Waals surface area contributed by atoms with Gasteiger partial charge < -0.3 is 10.1 Å². The van der Waals surface area contributed by atoms with Crippen LogP contribution in [0.4, 0.5) is 5.69 Å². The lowest BCUT2D eigenvalue weighted by molar-refractivity contribution is -0.122. The van der Waals surface area contributed by atoms with E-state index in [0.29, 0.717) is 17.1 Å². The molecule has 1 N–H and O–H groups in total. The Balaban J connectivity index is 1.44. The zero-order valence-electron chi connectivity index (χ0n) is 16.5. The van der Waals surface area contributed by atoms with Gasteiger partial charge in [-0.25, -0.2) is 0 Å². The Labute approximate surface area is 168 Å². The van der Waals surface area contributed by atoms with Gasteiger partial charge in [-0.2, -0.15) is 9.61 Å². The number of hydrogen-bond acceptors (Lipinski definition) is 5. The first kappa shape index (κ1) is 18.6. The van der Waals surface area contributed by atoms with Crippen molar-refractivity contribution >= 4 is 17.2 Å². The number of rotatable bonds is 5. The minimum absolute atomic E-state index is 0.209. The van der Waals surface area contributed by atoms with Crippen LogP contribution in [-0.4, -0.2) is 31.8 Å². The van der Waals surface area contributed by atoms with E-state index >= 15 is 0 Å². The van der Waals surface area contributed by atoms with E-state index in [9.17, 15) is 4.79 Å². The van der Waals surface area contributed by atoms with E-state index in [0.717, 1.165) is 22.6 Å². The molecular formula is C22H21N5O2. The van der Waals surface area contributed by atoms with Crippen LogP contribution in [0.2, 0.25) is 0 Å². The molecule has 0 bridgehead atoms. The molecule has 2 heterocycles. The highest BCUT2D eigenvalue weighted by Gasteiger charge is 2.15. The van der Waals surface area contributed by atoms with Crippen molar-refractivity contribution < 1.29 is 9.53 Å². The molecule has 4 rings (SSSR count). The average Bonchev–Trinajstić information content (AvgIpc) is 3.09. The van der Waals surface area contributed by atoms with Crippen LogP contribution in [0.15, 0.2) is 60.7 Å². The van der Waals surface area contributed by atoms with Gasteiger partial charge in [0.2, 0.25) is 0 Å². The monoisotopic (exact) mass is 387 g/mol. The number of aromatic nitrogens is 4. The predicted octanol–water partition coefficient (Wildman–Crippen LogP) is 3.81. The van der Waals surface area contributed by atoms with E-state index in [1.165, 1.54) is 0 Å². The Bertz CT molecular complexity index is 1170. The normalized spacial score (nSPS) is 12.0. The van der Waals surface area contributed by atoms with Crippen LogP contribution in [0.25, 0.3) is 16.9 Å². The number of amides is 1. The van der Waals surface area contributed by atoms with Crippen LogP contribution >= 0.6 is 0 Å². The molecule has 7 heteroatoms. The summed E-state index contributed by atoms with van der Waals surface area (Å²) in [5.74, 6) is 1.20. The Kier molecular flexibility index (Phi) is 4.95. The van der Waals surface area contributed by atoms with Crippen LogP contribution in [0.5, 0.6) is 5.75 Å². The van der Waals surface area contributed by atoms with Gasteiger partial charge in [-0.1, -0.05) is 24.3 Å². The van der Waals surface area contributed by atoms with Crippen LogP contribution in [0, 0.1) is 13.8 Å². The van der Waals surface area contributed by atoms with E-state index in [2.05, 4.69) is 20.6 Å². The molecule has 0 fully saturated rings. The minimum Gasteiger partial charge on any atom is -0.481 e. The number of hydrogen-bond donors (Lipinski definition) is 1. The van der Waals surface area contributed by atoms with Gasteiger partial charge in [0.25, 0.3) is 5.91 Å². The van der Waals surface area contributed by atoms with Crippen molar-refractivity contribution in [3.05, 3.63) is 72.1 Å². The molecular weight excluding hydrogens is 366 g/mol. The molecule has 146 valence electrons.